The van der Waals surface area contributed by atoms with E-state index in [1.165, 1.54) is 0 Å². The summed E-state index contributed by atoms with van der Waals surface area (Å²) in [7, 11) is -3.40. The Balaban J connectivity index is 1.24. The Morgan fingerprint density at radius 3 is 2.66 bits per heavy atom. The fraction of sp³-hybridized carbons (Fsp3) is 0.500. The van der Waals surface area contributed by atoms with E-state index in [4.69, 9.17) is 4.99 Å². The summed E-state index contributed by atoms with van der Waals surface area (Å²) < 4.78 is 27.7. The number of amides is 1. The second-order valence-corrected chi connectivity index (χ2v) is 11.2. The van der Waals surface area contributed by atoms with Crippen molar-refractivity contribution in [3.05, 3.63) is 48.0 Å². The zero-order valence-electron chi connectivity index (χ0n) is 18.2. The van der Waals surface area contributed by atoms with Gasteiger partial charge in [0.05, 0.1) is 5.75 Å². The van der Waals surface area contributed by atoms with Gasteiger partial charge in [-0.15, -0.1) is 0 Å². The maximum Gasteiger partial charge on any atom is 0.253 e. The number of benzene rings is 2. The third-order valence-electron chi connectivity index (χ3n) is 7.13. The zero-order valence-corrected chi connectivity index (χ0v) is 19.0. The number of sulfonamides is 1. The van der Waals surface area contributed by atoms with Gasteiger partial charge in [-0.25, -0.2) is 12.7 Å². The van der Waals surface area contributed by atoms with Gasteiger partial charge in [-0.3, -0.25) is 9.79 Å². The molecule has 3 aliphatic heterocycles. The van der Waals surface area contributed by atoms with Crippen molar-refractivity contribution >= 4 is 32.5 Å². The van der Waals surface area contributed by atoms with E-state index in [1.807, 2.05) is 42.5 Å². The molecule has 32 heavy (non-hydrogen) atoms. The molecule has 1 amide bonds. The van der Waals surface area contributed by atoms with E-state index in [2.05, 4.69) is 10.6 Å². The van der Waals surface area contributed by atoms with Gasteiger partial charge in [0.2, 0.25) is 10.0 Å². The fourth-order valence-corrected chi connectivity index (χ4v) is 6.65. The molecule has 7 nitrogen and oxygen atoms in total. The van der Waals surface area contributed by atoms with Crippen LogP contribution in [0, 0.1) is 5.92 Å². The van der Waals surface area contributed by atoms with Gasteiger partial charge in [-0.2, -0.15) is 0 Å². The standard InChI is InChI=1S/C24H30N4O3S/c29-23-24(27-22(26-23)20-8-4-13-25-17-20)11-14-28(15-12-24)32(30,31)16-10-19-7-3-6-18-5-1-2-9-21(18)19/h1-3,5-7,9,20,25H,4,8,10-17H2,(H,26,27,29). The molecule has 170 valence electrons. The number of aryl methyl sites for hydroxylation is 1. The van der Waals surface area contributed by atoms with Crippen LogP contribution in [0.25, 0.3) is 10.8 Å². The number of aliphatic imine (C=N–C) groups is 1. The summed E-state index contributed by atoms with van der Waals surface area (Å²) in [4.78, 5) is 17.6. The van der Waals surface area contributed by atoms with Crippen LogP contribution in [0.3, 0.4) is 0 Å². The SMILES string of the molecule is O=C1NC(C2CCCNC2)=NC12CCN(S(=O)(=O)CCc1cccc3ccccc13)CC2. The minimum absolute atomic E-state index is 0.0640. The summed E-state index contributed by atoms with van der Waals surface area (Å²) in [5.74, 6) is 1.04. The number of rotatable bonds is 5. The van der Waals surface area contributed by atoms with Crippen molar-refractivity contribution in [3.63, 3.8) is 0 Å². The highest BCUT2D eigenvalue weighted by atomic mass is 32.2. The molecule has 0 aliphatic carbocycles. The highest BCUT2D eigenvalue weighted by molar-refractivity contribution is 7.89. The van der Waals surface area contributed by atoms with Gasteiger partial charge in [0.25, 0.3) is 5.91 Å². The molecule has 0 saturated carbocycles. The lowest BCUT2D eigenvalue weighted by Gasteiger charge is -2.34. The molecule has 1 unspecified atom stereocenters. The first-order valence-corrected chi connectivity index (χ1v) is 13.1. The summed E-state index contributed by atoms with van der Waals surface area (Å²) in [5.41, 5.74) is 0.250. The van der Waals surface area contributed by atoms with Crippen molar-refractivity contribution in [2.24, 2.45) is 10.9 Å². The normalized spacial score (nSPS) is 23.9. The maximum atomic E-state index is 13.1. The molecule has 5 rings (SSSR count). The van der Waals surface area contributed by atoms with Gasteiger partial charge in [0, 0.05) is 25.6 Å². The van der Waals surface area contributed by atoms with Gasteiger partial charge < -0.3 is 10.6 Å². The van der Waals surface area contributed by atoms with Gasteiger partial charge in [-0.1, -0.05) is 42.5 Å². The van der Waals surface area contributed by atoms with E-state index in [1.54, 1.807) is 4.31 Å². The van der Waals surface area contributed by atoms with E-state index >= 15 is 0 Å². The van der Waals surface area contributed by atoms with E-state index in [0.29, 0.717) is 32.4 Å². The Morgan fingerprint density at radius 2 is 1.88 bits per heavy atom. The molecule has 3 aliphatic rings. The molecular weight excluding hydrogens is 424 g/mol. The van der Waals surface area contributed by atoms with Crippen LogP contribution >= 0.6 is 0 Å². The van der Waals surface area contributed by atoms with Gasteiger partial charge in [-0.05, 0) is 55.0 Å². The van der Waals surface area contributed by atoms with Crippen LogP contribution in [0.2, 0.25) is 0 Å². The van der Waals surface area contributed by atoms with Crippen molar-refractivity contribution in [2.75, 3.05) is 31.9 Å². The number of piperidine rings is 2. The van der Waals surface area contributed by atoms with Crippen molar-refractivity contribution in [1.29, 1.82) is 0 Å². The van der Waals surface area contributed by atoms with Gasteiger partial charge in [0.1, 0.15) is 11.4 Å². The van der Waals surface area contributed by atoms with Crippen molar-refractivity contribution in [1.82, 2.24) is 14.9 Å². The van der Waals surface area contributed by atoms with Crippen molar-refractivity contribution in [3.8, 4) is 0 Å². The van der Waals surface area contributed by atoms with Gasteiger partial charge in [0.15, 0.2) is 0 Å². The lowest BCUT2D eigenvalue weighted by molar-refractivity contribution is -0.125. The number of hydrogen-bond acceptors (Lipinski definition) is 5. The molecule has 0 aromatic heterocycles. The molecule has 8 heteroatoms. The molecule has 1 spiro atoms. The van der Waals surface area contributed by atoms with Crippen LogP contribution in [0.1, 0.15) is 31.2 Å². The first-order chi connectivity index (χ1) is 15.5. The molecule has 1 atom stereocenters. The van der Waals surface area contributed by atoms with Crippen LogP contribution in [-0.2, 0) is 21.2 Å². The van der Waals surface area contributed by atoms with E-state index < -0.39 is 15.6 Å². The third-order valence-corrected chi connectivity index (χ3v) is 9.01. The Hall–Kier alpha value is -2.29. The number of hydrogen-bond donors (Lipinski definition) is 2. The second-order valence-electron chi connectivity index (χ2n) is 9.13. The summed E-state index contributed by atoms with van der Waals surface area (Å²) in [6, 6.07) is 14.1. The zero-order chi connectivity index (χ0) is 22.2. The molecular formula is C24H30N4O3S. The van der Waals surface area contributed by atoms with Crippen LogP contribution in [-0.4, -0.2) is 61.9 Å². The van der Waals surface area contributed by atoms with Crippen molar-refractivity contribution < 1.29 is 13.2 Å². The molecule has 3 heterocycles. The number of amidine groups is 1. The number of carbonyl (C=O) groups is 1. The maximum absolute atomic E-state index is 13.1. The van der Waals surface area contributed by atoms with E-state index in [9.17, 15) is 13.2 Å². The van der Waals surface area contributed by atoms with Crippen LogP contribution < -0.4 is 10.6 Å². The van der Waals surface area contributed by atoms with Crippen molar-refractivity contribution in [2.45, 2.75) is 37.6 Å². The third kappa shape index (κ3) is 4.07. The van der Waals surface area contributed by atoms with Crippen LogP contribution in [0.15, 0.2) is 47.5 Å². The summed E-state index contributed by atoms with van der Waals surface area (Å²) in [6.07, 6.45) is 3.46. The molecule has 2 N–H and O–H groups in total. The average Bonchev–Trinajstić information content (AvgIpc) is 3.14. The van der Waals surface area contributed by atoms with Crippen LogP contribution in [0.5, 0.6) is 0 Å². The molecule has 2 aromatic carbocycles. The number of nitrogens with one attached hydrogen (secondary N) is 2. The molecule has 0 bridgehead atoms. The van der Waals surface area contributed by atoms with Gasteiger partial charge >= 0.3 is 0 Å². The monoisotopic (exact) mass is 454 g/mol. The van der Waals surface area contributed by atoms with E-state index in [-0.39, 0.29) is 17.6 Å². The lowest BCUT2D eigenvalue weighted by Crippen LogP contribution is -2.51. The quantitative estimate of drug-likeness (QED) is 0.724. The first kappa shape index (κ1) is 21.6. The Kier molecular flexibility index (Phi) is 5.77. The number of fused-ring (bicyclic) bond motifs is 1. The molecule has 2 fully saturated rings. The second kappa shape index (κ2) is 8.57. The summed E-state index contributed by atoms with van der Waals surface area (Å²) in [6.45, 7) is 2.52. The smallest absolute Gasteiger partial charge is 0.253 e. The summed E-state index contributed by atoms with van der Waals surface area (Å²) >= 11 is 0. The Labute approximate surface area is 189 Å². The summed E-state index contributed by atoms with van der Waals surface area (Å²) in [5, 5.41) is 8.59. The predicted octanol–water partition coefficient (Wildman–Crippen LogP) is 2.07. The molecule has 0 radical (unpaired) electrons. The largest absolute Gasteiger partial charge is 0.316 e. The Morgan fingerprint density at radius 1 is 1.09 bits per heavy atom. The van der Waals surface area contributed by atoms with Crippen LogP contribution in [0.4, 0.5) is 0 Å². The number of nitrogens with zero attached hydrogens (tertiary/aromatic N) is 2. The molecule has 2 aromatic rings. The average molecular weight is 455 g/mol. The lowest BCUT2D eigenvalue weighted by atomic mass is 9.89. The Bertz CT molecular complexity index is 1140. The number of carbonyl (C=O) groups excluding carboxylic acids is 1. The fourth-order valence-electron chi connectivity index (χ4n) is 5.17. The topological polar surface area (TPSA) is 90.9 Å². The minimum Gasteiger partial charge on any atom is -0.316 e. The molecule has 2 saturated heterocycles. The highest BCUT2D eigenvalue weighted by Gasteiger charge is 2.48. The minimum atomic E-state index is -3.40. The van der Waals surface area contributed by atoms with E-state index in [0.717, 1.165) is 48.1 Å². The first-order valence-electron chi connectivity index (χ1n) is 11.5. The predicted molar refractivity (Wildman–Crippen MR) is 126 cm³/mol. The highest BCUT2D eigenvalue weighted by Crippen LogP contribution is 2.33.